The Morgan fingerprint density at radius 1 is 0.733 bits per heavy atom. The van der Waals surface area contributed by atoms with E-state index >= 15 is 0 Å². The Balaban J connectivity index is 2.00. The number of benzene rings is 2. The van der Waals surface area contributed by atoms with Crippen molar-refractivity contribution >= 4 is 37.6 Å². The van der Waals surface area contributed by atoms with E-state index in [0.29, 0.717) is 11.4 Å². The van der Waals surface area contributed by atoms with Gasteiger partial charge in [0.05, 0.1) is 10.5 Å². The Labute approximate surface area is 176 Å². The summed E-state index contributed by atoms with van der Waals surface area (Å²) in [5.41, 5.74) is 0.725. The van der Waals surface area contributed by atoms with Crippen LogP contribution in [-0.2, 0) is 20.2 Å². The number of carbonyl (C=O) groups excluding carboxylic acids is 1. The van der Waals surface area contributed by atoms with E-state index in [4.69, 9.17) is 8.37 Å². The lowest BCUT2D eigenvalue weighted by Crippen LogP contribution is -2.21. The van der Waals surface area contributed by atoms with Crippen LogP contribution in [-0.4, -0.2) is 33.4 Å². The number of carbonyl (C=O) groups is 1. The van der Waals surface area contributed by atoms with Crippen LogP contribution >= 0.6 is 0 Å². The summed E-state index contributed by atoms with van der Waals surface area (Å²) in [5, 5.41) is 3.74. The number of amides is 2. The smallest absolute Gasteiger partial charge is 0.323 e. The maximum Gasteiger partial charge on any atom is 0.323 e. The summed E-state index contributed by atoms with van der Waals surface area (Å²) in [7, 11) is -7.46. The van der Waals surface area contributed by atoms with Crippen LogP contribution in [0.15, 0.2) is 48.5 Å². The van der Waals surface area contributed by atoms with Crippen molar-refractivity contribution in [3.05, 3.63) is 48.5 Å². The molecule has 2 N–H and O–H groups in total. The summed E-state index contributed by atoms with van der Waals surface area (Å²) in [6.45, 7) is 6.01. The molecule has 0 bridgehead atoms. The number of anilines is 2. The molecule has 0 fully saturated rings. The quantitative estimate of drug-likeness (QED) is 0.581. The second kappa shape index (κ2) is 9.35. The SMILES string of the molecule is CC(C)S(=O)(=O)Oc1ccc(NC(=O)Nc2cccc(OS(=O)(=O)C(C)C)c2)cc1. The van der Waals surface area contributed by atoms with Gasteiger partial charge in [0.2, 0.25) is 0 Å². The van der Waals surface area contributed by atoms with E-state index in [-0.39, 0.29) is 11.5 Å². The first-order valence-electron chi connectivity index (χ1n) is 9.04. The molecule has 0 radical (unpaired) electrons. The minimum Gasteiger partial charge on any atom is -0.382 e. The molecule has 0 saturated carbocycles. The molecule has 0 aliphatic heterocycles. The molecular formula is C19H24N2O7S2. The third kappa shape index (κ3) is 6.63. The zero-order valence-electron chi connectivity index (χ0n) is 16.9. The molecule has 11 heteroatoms. The molecule has 0 atom stereocenters. The van der Waals surface area contributed by atoms with Crippen molar-refractivity contribution < 1.29 is 30.0 Å². The fourth-order valence-corrected chi connectivity index (χ4v) is 3.11. The van der Waals surface area contributed by atoms with Gasteiger partial charge < -0.3 is 19.0 Å². The summed E-state index contributed by atoms with van der Waals surface area (Å²) in [5.74, 6) is 0.209. The molecule has 30 heavy (non-hydrogen) atoms. The Bertz CT molecular complexity index is 1090. The van der Waals surface area contributed by atoms with Crippen LogP contribution in [0.4, 0.5) is 16.2 Å². The van der Waals surface area contributed by atoms with Gasteiger partial charge in [-0.3, -0.25) is 0 Å². The van der Waals surface area contributed by atoms with Crippen LogP contribution in [0.5, 0.6) is 11.5 Å². The minimum atomic E-state index is -3.75. The highest BCUT2D eigenvalue weighted by Crippen LogP contribution is 2.22. The Morgan fingerprint density at radius 3 is 1.77 bits per heavy atom. The number of rotatable bonds is 8. The highest BCUT2D eigenvalue weighted by Gasteiger charge is 2.19. The van der Waals surface area contributed by atoms with Crippen molar-refractivity contribution in [2.75, 3.05) is 10.6 Å². The molecule has 0 unspecified atom stereocenters. The van der Waals surface area contributed by atoms with Crippen LogP contribution in [0.1, 0.15) is 27.7 Å². The van der Waals surface area contributed by atoms with Gasteiger partial charge in [0, 0.05) is 17.4 Å². The Morgan fingerprint density at radius 2 is 1.23 bits per heavy atom. The van der Waals surface area contributed by atoms with Gasteiger partial charge in [-0.2, -0.15) is 16.8 Å². The standard InChI is InChI=1S/C19H24N2O7S2/c1-13(2)29(23,24)27-17-10-8-15(9-11-17)20-19(22)21-16-6-5-7-18(12-16)28-30(25,26)14(3)4/h5-14H,1-4H3,(H2,20,21,22). The summed E-state index contributed by atoms with van der Waals surface area (Å²) in [6.07, 6.45) is 0. The highest BCUT2D eigenvalue weighted by atomic mass is 32.2. The van der Waals surface area contributed by atoms with Crippen molar-refractivity contribution in [2.45, 2.75) is 38.2 Å². The number of nitrogens with one attached hydrogen (secondary N) is 2. The summed E-state index contributed by atoms with van der Waals surface area (Å²) in [4.78, 5) is 12.2. The van der Waals surface area contributed by atoms with Gasteiger partial charge in [0.15, 0.2) is 0 Å². The lowest BCUT2D eigenvalue weighted by molar-refractivity contribution is 0.262. The lowest BCUT2D eigenvalue weighted by Gasteiger charge is -2.12. The number of hydrogen-bond donors (Lipinski definition) is 2. The van der Waals surface area contributed by atoms with Crippen molar-refractivity contribution in [3.8, 4) is 11.5 Å². The van der Waals surface area contributed by atoms with E-state index in [2.05, 4.69) is 10.6 Å². The highest BCUT2D eigenvalue weighted by molar-refractivity contribution is 7.87. The summed E-state index contributed by atoms with van der Waals surface area (Å²) in [6, 6.07) is 11.2. The van der Waals surface area contributed by atoms with Crippen LogP contribution in [0.2, 0.25) is 0 Å². The first-order chi connectivity index (χ1) is 13.9. The summed E-state index contributed by atoms with van der Waals surface area (Å²) >= 11 is 0. The maximum absolute atomic E-state index is 12.2. The van der Waals surface area contributed by atoms with Gasteiger partial charge >= 0.3 is 26.3 Å². The first-order valence-corrected chi connectivity index (χ1v) is 12.0. The molecular weight excluding hydrogens is 432 g/mol. The predicted molar refractivity (Wildman–Crippen MR) is 115 cm³/mol. The van der Waals surface area contributed by atoms with Crippen LogP contribution in [0.3, 0.4) is 0 Å². The Hall–Kier alpha value is -2.79. The van der Waals surface area contributed by atoms with Gasteiger partial charge in [0.25, 0.3) is 0 Å². The van der Waals surface area contributed by atoms with Gasteiger partial charge in [-0.15, -0.1) is 0 Å². The second-order valence-electron chi connectivity index (χ2n) is 6.88. The van der Waals surface area contributed by atoms with Gasteiger partial charge in [-0.25, -0.2) is 4.79 Å². The zero-order chi connectivity index (χ0) is 22.5. The average Bonchev–Trinajstić information content (AvgIpc) is 2.62. The van der Waals surface area contributed by atoms with Crippen molar-refractivity contribution in [3.63, 3.8) is 0 Å². The van der Waals surface area contributed by atoms with E-state index in [9.17, 15) is 21.6 Å². The molecule has 0 saturated heterocycles. The number of urea groups is 1. The van der Waals surface area contributed by atoms with E-state index in [1.54, 1.807) is 12.1 Å². The van der Waals surface area contributed by atoms with Crippen molar-refractivity contribution in [1.82, 2.24) is 0 Å². The third-order valence-corrected chi connectivity index (χ3v) is 6.94. The summed E-state index contributed by atoms with van der Waals surface area (Å²) < 4.78 is 57.2. The molecule has 0 aliphatic rings. The zero-order valence-corrected chi connectivity index (χ0v) is 18.6. The molecule has 2 aromatic rings. The van der Waals surface area contributed by atoms with E-state index in [1.807, 2.05) is 0 Å². The maximum atomic E-state index is 12.2. The normalized spacial score (nSPS) is 11.9. The van der Waals surface area contributed by atoms with Gasteiger partial charge in [0.1, 0.15) is 11.5 Å². The molecule has 0 heterocycles. The molecule has 9 nitrogen and oxygen atoms in total. The minimum absolute atomic E-state index is 0.0781. The van der Waals surface area contributed by atoms with E-state index in [0.717, 1.165) is 0 Å². The number of hydrogen-bond acceptors (Lipinski definition) is 7. The molecule has 0 aromatic heterocycles. The molecule has 2 amide bonds. The fourth-order valence-electron chi connectivity index (χ4n) is 1.97. The van der Waals surface area contributed by atoms with Crippen LogP contribution in [0.25, 0.3) is 0 Å². The average molecular weight is 457 g/mol. The van der Waals surface area contributed by atoms with E-state index < -0.39 is 36.8 Å². The molecule has 0 spiro atoms. The predicted octanol–water partition coefficient (Wildman–Crippen LogP) is 3.56. The topological polar surface area (TPSA) is 128 Å². The first kappa shape index (κ1) is 23.5. The fraction of sp³-hybridized carbons (Fsp3) is 0.316. The Kier molecular flexibility index (Phi) is 7.32. The van der Waals surface area contributed by atoms with Gasteiger partial charge in [-0.05, 0) is 64.1 Å². The van der Waals surface area contributed by atoms with Crippen molar-refractivity contribution in [2.24, 2.45) is 0 Å². The molecule has 2 aromatic carbocycles. The largest absolute Gasteiger partial charge is 0.382 e. The van der Waals surface area contributed by atoms with Crippen molar-refractivity contribution in [1.29, 1.82) is 0 Å². The third-order valence-electron chi connectivity index (χ3n) is 3.78. The van der Waals surface area contributed by atoms with E-state index in [1.165, 1.54) is 64.1 Å². The van der Waals surface area contributed by atoms with Gasteiger partial charge in [-0.1, -0.05) is 6.07 Å². The second-order valence-corrected chi connectivity index (χ2v) is 11.1. The lowest BCUT2D eigenvalue weighted by atomic mass is 10.3. The molecule has 164 valence electrons. The molecule has 0 aliphatic carbocycles. The van der Waals surface area contributed by atoms with Crippen LogP contribution in [0, 0.1) is 0 Å². The molecule has 2 rings (SSSR count). The monoisotopic (exact) mass is 456 g/mol. The van der Waals surface area contributed by atoms with Crippen LogP contribution < -0.4 is 19.0 Å².